The molecule has 0 saturated carbocycles. The van der Waals surface area contributed by atoms with E-state index in [2.05, 4.69) is 4.98 Å². The first-order valence-corrected chi connectivity index (χ1v) is 3.95. The van der Waals surface area contributed by atoms with E-state index in [-0.39, 0.29) is 6.04 Å². The van der Waals surface area contributed by atoms with Crippen molar-refractivity contribution in [2.45, 2.75) is 33.0 Å². The molecule has 0 fully saturated rings. The maximum Gasteiger partial charge on any atom is 0.434 e. The topological polar surface area (TPSA) is 17.8 Å². The molecule has 0 saturated heterocycles. The summed E-state index contributed by atoms with van der Waals surface area (Å²) in [5.74, 6) is 0.391. The molecule has 74 valence electrons. The predicted molar refractivity (Wildman–Crippen MR) is 42.4 cm³/mol. The van der Waals surface area contributed by atoms with Crippen LogP contribution in [-0.4, -0.2) is 9.55 Å². The largest absolute Gasteiger partial charge is 0.434 e. The number of imidazole rings is 1. The van der Waals surface area contributed by atoms with Gasteiger partial charge in [0, 0.05) is 12.2 Å². The van der Waals surface area contributed by atoms with Crippen molar-refractivity contribution in [2.24, 2.45) is 0 Å². The van der Waals surface area contributed by atoms with Crippen LogP contribution in [0.5, 0.6) is 0 Å². The van der Waals surface area contributed by atoms with Crippen LogP contribution in [0.25, 0.3) is 0 Å². The molecule has 0 bridgehead atoms. The van der Waals surface area contributed by atoms with E-state index in [1.54, 1.807) is 6.92 Å². The molecule has 0 aliphatic rings. The third-order valence-electron chi connectivity index (χ3n) is 1.76. The molecule has 0 unspecified atom stereocenters. The van der Waals surface area contributed by atoms with E-state index in [9.17, 15) is 13.2 Å². The number of aryl methyl sites for hydroxylation is 1. The minimum absolute atomic E-state index is 0.00333. The van der Waals surface area contributed by atoms with Gasteiger partial charge in [-0.1, -0.05) is 0 Å². The maximum atomic E-state index is 12.2. The van der Waals surface area contributed by atoms with Gasteiger partial charge in [-0.05, 0) is 20.8 Å². The van der Waals surface area contributed by atoms with Gasteiger partial charge >= 0.3 is 6.18 Å². The number of hydrogen-bond acceptors (Lipinski definition) is 1. The van der Waals surface area contributed by atoms with Gasteiger partial charge in [-0.15, -0.1) is 0 Å². The lowest BCUT2D eigenvalue weighted by molar-refractivity contribution is -0.141. The Morgan fingerprint density at radius 2 is 1.92 bits per heavy atom. The Morgan fingerprint density at radius 1 is 1.38 bits per heavy atom. The summed E-state index contributed by atoms with van der Waals surface area (Å²) in [6.45, 7) is 5.19. The van der Waals surface area contributed by atoms with Crippen molar-refractivity contribution in [1.82, 2.24) is 9.55 Å². The number of aromatic nitrogens is 2. The SMILES string of the molecule is Cc1nc(C(F)(F)F)cn1C(C)C. The predicted octanol–water partition coefficient (Wildman–Crippen LogP) is 2.79. The molecule has 2 nitrogen and oxygen atoms in total. The first-order valence-electron chi connectivity index (χ1n) is 3.95. The molecule has 0 radical (unpaired) electrons. The van der Waals surface area contributed by atoms with Crippen LogP contribution in [-0.2, 0) is 6.18 Å². The summed E-state index contributed by atoms with van der Waals surface area (Å²) in [5, 5.41) is 0. The van der Waals surface area contributed by atoms with Gasteiger partial charge in [0.25, 0.3) is 0 Å². The average molecular weight is 192 g/mol. The Balaban J connectivity index is 3.10. The molecule has 1 aromatic rings. The van der Waals surface area contributed by atoms with E-state index in [0.717, 1.165) is 6.20 Å². The van der Waals surface area contributed by atoms with Gasteiger partial charge in [-0.3, -0.25) is 0 Å². The number of nitrogens with zero attached hydrogens (tertiary/aromatic N) is 2. The number of halogens is 3. The minimum Gasteiger partial charge on any atom is -0.332 e. The molecular weight excluding hydrogens is 181 g/mol. The fourth-order valence-corrected chi connectivity index (χ4v) is 1.15. The molecule has 0 aliphatic heterocycles. The molecular formula is C8H11F3N2. The molecule has 5 heteroatoms. The summed E-state index contributed by atoms with van der Waals surface area (Å²) in [5.41, 5.74) is -0.821. The van der Waals surface area contributed by atoms with Crippen LogP contribution in [0.2, 0.25) is 0 Å². The van der Waals surface area contributed by atoms with Gasteiger partial charge in [0.1, 0.15) is 5.82 Å². The van der Waals surface area contributed by atoms with Gasteiger partial charge in [-0.25, -0.2) is 4.98 Å². The lowest BCUT2D eigenvalue weighted by atomic mass is 10.4. The van der Waals surface area contributed by atoms with Crippen molar-refractivity contribution in [2.75, 3.05) is 0 Å². The molecule has 0 amide bonds. The lowest BCUT2D eigenvalue weighted by Crippen LogP contribution is -2.05. The number of hydrogen-bond donors (Lipinski definition) is 0. The van der Waals surface area contributed by atoms with Crippen LogP contribution in [0.15, 0.2) is 6.20 Å². The normalized spacial score (nSPS) is 12.5. The van der Waals surface area contributed by atoms with Crippen LogP contribution in [0.4, 0.5) is 13.2 Å². The first-order chi connectivity index (χ1) is 5.82. The lowest BCUT2D eigenvalue weighted by Gasteiger charge is -2.07. The minimum atomic E-state index is -4.34. The van der Waals surface area contributed by atoms with Crippen molar-refractivity contribution in [3.8, 4) is 0 Å². The summed E-state index contributed by atoms with van der Waals surface area (Å²) < 4.78 is 38.0. The van der Waals surface area contributed by atoms with Crippen molar-refractivity contribution < 1.29 is 13.2 Å². The zero-order chi connectivity index (χ0) is 10.2. The smallest absolute Gasteiger partial charge is 0.332 e. The highest BCUT2D eigenvalue weighted by Gasteiger charge is 2.34. The summed E-state index contributed by atoms with van der Waals surface area (Å²) in [6, 6.07) is 0.00333. The highest BCUT2D eigenvalue weighted by molar-refractivity contribution is 5.07. The molecule has 1 heterocycles. The van der Waals surface area contributed by atoms with Crippen LogP contribution >= 0.6 is 0 Å². The van der Waals surface area contributed by atoms with Gasteiger partial charge in [0.2, 0.25) is 0 Å². The summed E-state index contributed by atoms with van der Waals surface area (Å²) >= 11 is 0. The van der Waals surface area contributed by atoms with Crippen molar-refractivity contribution in [1.29, 1.82) is 0 Å². The van der Waals surface area contributed by atoms with Gasteiger partial charge < -0.3 is 4.57 Å². The number of rotatable bonds is 1. The Kier molecular flexibility index (Phi) is 2.36. The van der Waals surface area contributed by atoms with E-state index < -0.39 is 11.9 Å². The standard InChI is InChI=1S/C8H11F3N2/c1-5(2)13-4-7(8(9,10)11)12-6(13)3/h4-5H,1-3H3. The van der Waals surface area contributed by atoms with E-state index >= 15 is 0 Å². The van der Waals surface area contributed by atoms with Crippen molar-refractivity contribution >= 4 is 0 Å². The van der Waals surface area contributed by atoms with Crippen LogP contribution in [0.1, 0.15) is 31.4 Å². The Bertz CT molecular complexity index is 299. The average Bonchev–Trinajstić information content (AvgIpc) is 2.29. The second-order valence-corrected chi connectivity index (χ2v) is 3.17. The van der Waals surface area contributed by atoms with E-state index in [1.807, 2.05) is 13.8 Å². The molecule has 0 atom stereocenters. The Labute approximate surface area is 74.4 Å². The molecule has 1 rings (SSSR count). The monoisotopic (exact) mass is 192 g/mol. The van der Waals surface area contributed by atoms with E-state index in [4.69, 9.17) is 0 Å². The summed E-state index contributed by atoms with van der Waals surface area (Å²) in [7, 11) is 0. The molecule has 1 aromatic heterocycles. The van der Waals surface area contributed by atoms with Gasteiger partial charge in [-0.2, -0.15) is 13.2 Å². The Morgan fingerprint density at radius 3 is 2.15 bits per heavy atom. The quantitative estimate of drug-likeness (QED) is 0.669. The molecule has 13 heavy (non-hydrogen) atoms. The van der Waals surface area contributed by atoms with Crippen LogP contribution < -0.4 is 0 Å². The third-order valence-corrected chi connectivity index (χ3v) is 1.76. The molecule has 0 spiro atoms. The second kappa shape index (κ2) is 3.05. The molecule has 0 N–H and O–H groups in total. The fourth-order valence-electron chi connectivity index (χ4n) is 1.15. The summed E-state index contributed by atoms with van der Waals surface area (Å²) in [6.07, 6.45) is -3.30. The highest BCUT2D eigenvalue weighted by Crippen LogP contribution is 2.29. The fraction of sp³-hybridized carbons (Fsp3) is 0.625. The highest BCUT2D eigenvalue weighted by atomic mass is 19.4. The van der Waals surface area contributed by atoms with Crippen LogP contribution in [0, 0.1) is 6.92 Å². The van der Waals surface area contributed by atoms with E-state index in [0.29, 0.717) is 5.82 Å². The van der Waals surface area contributed by atoms with Gasteiger partial charge in [0.15, 0.2) is 5.69 Å². The zero-order valence-corrected chi connectivity index (χ0v) is 7.68. The summed E-state index contributed by atoms with van der Waals surface area (Å²) in [4.78, 5) is 3.44. The molecule has 0 aromatic carbocycles. The van der Waals surface area contributed by atoms with Crippen molar-refractivity contribution in [3.63, 3.8) is 0 Å². The molecule has 0 aliphatic carbocycles. The first kappa shape index (κ1) is 10.1. The Hall–Kier alpha value is -1.00. The third kappa shape index (κ3) is 2.02. The van der Waals surface area contributed by atoms with Gasteiger partial charge in [0.05, 0.1) is 0 Å². The number of alkyl halides is 3. The van der Waals surface area contributed by atoms with E-state index in [1.165, 1.54) is 4.57 Å². The van der Waals surface area contributed by atoms with Crippen molar-refractivity contribution in [3.05, 3.63) is 17.7 Å². The second-order valence-electron chi connectivity index (χ2n) is 3.17. The maximum absolute atomic E-state index is 12.2. The zero-order valence-electron chi connectivity index (χ0n) is 7.68. The van der Waals surface area contributed by atoms with Crippen LogP contribution in [0.3, 0.4) is 0 Å².